The van der Waals surface area contributed by atoms with Gasteiger partial charge in [0.15, 0.2) is 16.6 Å². The molecule has 2 aliphatic heterocycles. The second kappa shape index (κ2) is 9.64. The summed E-state index contributed by atoms with van der Waals surface area (Å²) in [6.07, 6.45) is 2.12. The monoisotopic (exact) mass is 479 g/mol. The third-order valence-corrected chi connectivity index (χ3v) is 6.66. The van der Waals surface area contributed by atoms with E-state index in [1.54, 1.807) is 0 Å². The molecule has 3 aromatic rings. The second-order valence-electron chi connectivity index (χ2n) is 8.97. The van der Waals surface area contributed by atoms with Gasteiger partial charge in [0.2, 0.25) is 0 Å². The molecule has 1 atom stereocenters. The third-order valence-electron chi connectivity index (χ3n) is 6.30. The van der Waals surface area contributed by atoms with E-state index >= 15 is 0 Å². The number of anilines is 1. The molecule has 178 valence electrons. The number of nitrogens with zero attached hydrogens (tertiary/aromatic N) is 1. The van der Waals surface area contributed by atoms with Crippen LogP contribution in [0.15, 0.2) is 41.2 Å². The number of aromatic amines is 1. The van der Waals surface area contributed by atoms with Crippen LogP contribution < -0.4 is 20.3 Å². The summed E-state index contributed by atoms with van der Waals surface area (Å²) in [7, 11) is 0. The first-order valence-electron chi connectivity index (χ1n) is 11.7. The van der Waals surface area contributed by atoms with Crippen LogP contribution >= 0.6 is 12.2 Å². The zero-order valence-electron chi connectivity index (χ0n) is 19.5. The lowest BCUT2D eigenvalue weighted by Crippen LogP contribution is -2.40. The fraction of sp³-hybridized carbons (Fsp3) is 0.385. The molecule has 0 spiro atoms. The molecule has 0 unspecified atom stereocenters. The maximum Gasteiger partial charge on any atom is 0.253 e. The quantitative estimate of drug-likeness (QED) is 0.529. The first-order chi connectivity index (χ1) is 16.5. The Balaban J connectivity index is 1.43. The van der Waals surface area contributed by atoms with E-state index < -0.39 is 0 Å². The Morgan fingerprint density at radius 3 is 2.65 bits per heavy atom. The van der Waals surface area contributed by atoms with Gasteiger partial charge in [-0.3, -0.25) is 4.79 Å². The lowest BCUT2D eigenvalue weighted by atomic mass is 10.1. The van der Waals surface area contributed by atoms with Gasteiger partial charge in [-0.25, -0.2) is 0 Å². The number of hydrogen-bond donors (Lipinski definition) is 2. The maximum absolute atomic E-state index is 13.0. The van der Waals surface area contributed by atoms with Crippen LogP contribution in [0, 0.1) is 13.8 Å². The van der Waals surface area contributed by atoms with E-state index in [0.717, 1.165) is 41.6 Å². The Bertz CT molecular complexity index is 1280. The molecule has 0 aliphatic carbocycles. The number of nitrogens with one attached hydrogen (secondary N) is 2. The first kappa shape index (κ1) is 22.7. The average Bonchev–Trinajstić information content (AvgIpc) is 3.33. The van der Waals surface area contributed by atoms with E-state index in [4.69, 9.17) is 26.4 Å². The summed E-state index contributed by atoms with van der Waals surface area (Å²) in [6.45, 7) is 6.90. The first-order valence-corrected chi connectivity index (χ1v) is 12.1. The van der Waals surface area contributed by atoms with Crippen LogP contribution in [0.4, 0.5) is 5.69 Å². The van der Waals surface area contributed by atoms with Crippen molar-refractivity contribution in [1.82, 2.24) is 9.88 Å². The van der Waals surface area contributed by atoms with E-state index in [0.29, 0.717) is 48.5 Å². The summed E-state index contributed by atoms with van der Waals surface area (Å²) in [6, 6.07) is 11.9. The lowest BCUT2D eigenvalue weighted by molar-refractivity contribution is 0.0904. The summed E-state index contributed by atoms with van der Waals surface area (Å²) in [5, 5.41) is 4.85. The van der Waals surface area contributed by atoms with Crippen molar-refractivity contribution in [2.75, 3.05) is 31.7 Å². The van der Waals surface area contributed by atoms with Gasteiger partial charge in [0.05, 0.1) is 18.2 Å². The molecular formula is C26H29N3O4S. The van der Waals surface area contributed by atoms with Gasteiger partial charge in [-0.2, -0.15) is 0 Å². The predicted molar refractivity (Wildman–Crippen MR) is 137 cm³/mol. The van der Waals surface area contributed by atoms with Gasteiger partial charge < -0.3 is 29.4 Å². The Labute approximate surface area is 204 Å². The third kappa shape index (κ3) is 4.88. The van der Waals surface area contributed by atoms with Crippen LogP contribution in [0.1, 0.15) is 29.5 Å². The zero-order chi connectivity index (χ0) is 23.7. The van der Waals surface area contributed by atoms with Crippen molar-refractivity contribution in [2.45, 2.75) is 39.3 Å². The van der Waals surface area contributed by atoms with E-state index in [1.807, 2.05) is 29.2 Å². The fourth-order valence-electron chi connectivity index (χ4n) is 4.51. The van der Waals surface area contributed by atoms with E-state index in [2.05, 4.69) is 36.3 Å². The summed E-state index contributed by atoms with van der Waals surface area (Å²) in [5.41, 5.74) is 4.49. The van der Waals surface area contributed by atoms with Gasteiger partial charge in [0.1, 0.15) is 13.2 Å². The van der Waals surface area contributed by atoms with Crippen LogP contribution in [-0.4, -0.2) is 47.5 Å². The molecule has 8 heteroatoms. The SMILES string of the molecule is Cc1ccc(NC(=S)N(Cc2cc3cc4c(cc3[nH]c2=O)OCCO4)C[C@@H]2CCCO2)c(C)c1. The fourth-order valence-corrected chi connectivity index (χ4v) is 4.76. The van der Waals surface area contributed by atoms with Gasteiger partial charge in [-0.15, -0.1) is 0 Å². The van der Waals surface area contributed by atoms with Crippen LogP contribution in [-0.2, 0) is 11.3 Å². The molecule has 0 radical (unpaired) electrons. The summed E-state index contributed by atoms with van der Waals surface area (Å²) in [5.74, 6) is 1.35. The number of aromatic nitrogens is 1. The van der Waals surface area contributed by atoms with Gasteiger partial charge >= 0.3 is 0 Å². The molecule has 0 bridgehead atoms. The highest BCUT2D eigenvalue weighted by molar-refractivity contribution is 7.80. The highest BCUT2D eigenvalue weighted by atomic mass is 32.1. The summed E-state index contributed by atoms with van der Waals surface area (Å²) >= 11 is 5.81. The molecule has 2 aliphatic rings. The highest BCUT2D eigenvalue weighted by Crippen LogP contribution is 2.33. The Hall–Kier alpha value is -3.10. The van der Waals surface area contributed by atoms with Crippen LogP contribution in [0.25, 0.3) is 10.9 Å². The number of ether oxygens (including phenoxy) is 3. The number of aryl methyl sites for hydroxylation is 2. The number of rotatable bonds is 5. The molecule has 2 aromatic carbocycles. The van der Waals surface area contributed by atoms with Crippen LogP contribution in [0.2, 0.25) is 0 Å². The molecule has 3 heterocycles. The van der Waals surface area contributed by atoms with Crippen LogP contribution in [0.3, 0.4) is 0 Å². The van der Waals surface area contributed by atoms with Crippen molar-refractivity contribution in [3.8, 4) is 11.5 Å². The largest absolute Gasteiger partial charge is 0.486 e. The van der Waals surface area contributed by atoms with Crippen molar-refractivity contribution >= 4 is 33.9 Å². The molecule has 1 aromatic heterocycles. The van der Waals surface area contributed by atoms with Gasteiger partial charge in [-0.05, 0) is 62.7 Å². The minimum Gasteiger partial charge on any atom is -0.486 e. The van der Waals surface area contributed by atoms with E-state index in [-0.39, 0.29) is 11.7 Å². The molecular weight excluding hydrogens is 450 g/mol. The molecule has 7 nitrogen and oxygen atoms in total. The molecule has 0 amide bonds. The minimum atomic E-state index is -0.143. The molecule has 2 N–H and O–H groups in total. The van der Waals surface area contributed by atoms with E-state index in [9.17, 15) is 4.79 Å². The number of H-pyrrole nitrogens is 1. The number of thiocarbonyl (C=S) groups is 1. The number of pyridine rings is 1. The topological polar surface area (TPSA) is 75.8 Å². The zero-order valence-corrected chi connectivity index (χ0v) is 20.3. The van der Waals surface area contributed by atoms with Gasteiger partial charge in [0.25, 0.3) is 5.56 Å². The number of fused-ring (bicyclic) bond motifs is 2. The van der Waals surface area contributed by atoms with Crippen molar-refractivity contribution in [1.29, 1.82) is 0 Å². The summed E-state index contributed by atoms with van der Waals surface area (Å²) in [4.78, 5) is 18.0. The normalized spacial score (nSPS) is 17.1. The van der Waals surface area contributed by atoms with Crippen molar-refractivity contribution in [3.63, 3.8) is 0 Å². The summed E-state index contributed by atoms with van der Waals surface area (Å²) < 4.78 is 17.3. The minimum absolute atomic E-state index is 0.0935. The molecule has 34 heavy (non-hydrogen) atoms. The number of hydrogen-bond acceptors (Lipinski definition) is 5. The van der Waals surface area contributed by atoms with Gasteiger partial charge in [-0.1, -0.05) is 17.7 Å². The highest BCUT2D eigenvalue weighted by Gasteiger charge is 2.23. The van der Waals surface area contributed by atoms with Crippen molar-refractivity contribution in [3.05, 3.63) is 63.4 Å². The Morgan fingerprint density at radius 2 is 1.91 bits per heavy atom. The molecule has 0 saturated carbocycles. The van der Waals surface area contributed by atoms with E-state index in [1.165, 1.54) is 5.56 Å². The Kier molecular flexibility index (Phi) is 6.43. The molecule has 5 rings (SSSR count). The maximum atomic E-state index is 13.0. The van der Waals surface area contributed by atoms with Crippen LogP contribution in [0.5, 0.6) is 11.5 Å². The standard InChI is InChI=1S/C26H29N3O4S/c1-16-5-6-21(17(2)10-16)28-26(34)29(15-20-4-3-7-31-20)14-19-11-18-12-23-24(33-9-8-32-23)13-22(18)27-25(19)30/h5-6,10-13,20H,3-4,7-9,14-15H2,1-2H3,(H,27,30)(H,28,34)/t20-/m0/s1. The molecule has 1 fully saturated rings. The smallest absolute Gasteiger partial charge is 0.253 e. The average molecular weight is 480 g/mol. The van der Waals surface area contributed by atoms with Gasteiger partial charge in [0, 0.05) is 35.9 Å². The van der Waals surface area contributed by atoms with Crippen molar-refractivity contribution < 1.29 is 14.2 Å². The Morgan fingerprint density at radius 1 is 1.12 bits per heavy atom. The molecule has 1 saturated heterocycles. The van der Waals surface area contributed by atoms with Crippen molar-refractivity contribution in [2.24, 2.45) is 0 Å². The second-order valence-corrected chi connectivity index (χ2v) is 9.36. The number of benzene rings is 2. The lowest BCUT2D eigenvalue weighted by Gasteiger charge is -2.28. The predicted octanol–water partition coefficient (Wildman–Crippen LogP) is 4.29.